The Kier molecular flexibility index (Phi) is 8.71. The summed E-state index contributed by atoms with van der Waals surface area (Å²) in [4.78, 5) is 15.9. The van der Waals surface area contributed by atoms with Crippen molar-refractivity contribution in [2.75, 3.05) is 17.7 Å². The number of para-hydroxylation sites is 1. The standard InChI is InChI=1S/C20H27N5O3/c1-2-3-4-5-6-9-14-28-20(27)23-18-13-12-16(19(21)22-18)25-24-15-10-7-8-11-17(15)26/h7-8,10-13,26H,2-6,9,14H2,1H3,(H3,21,22,23,27). The smallest absolute Gasteiger partial charge is 0.412 e. The molecule has 4 N–H and O–H groups in total. The number of phenols is 1. The minimum atomic E-state index is -0.566. The number of nitrogen functional groups attached to an aromatic ring is 1. The Bertz CT molecular complexity index is 795. The summed E-state index contributed by atoms with van der Waals surface area (Å²) in [5.74, 6) is 0.393. The second-order valence-corrected chi connectivity index (χ2v) is 6.32. The minimum Gasteiger partial charge on any atom is -0.506 e. The van der Waals surface area contributed by atoms with Gasteiger partial charge in [0.25, 0.3) is 0 Å². The first-order chi connectivity index (χ1) is 13.6. The topological polar surface area (TPSA) is 122 Å². The molecule has 2 aromatic rings. The van der Waals surface area contributed by atoms with Crippen molar-refractivity contribution >= 4 is 29.1 Å². The van der Waals surface area contributed by atoms with Gasteiger partial charge in [0.1, 0.15) is 22.9 Å². The third-order valence-electron chi connectivity index (χ3n) is 4.01. The summed E-state index contributed by atoms with van der Waals surface area (Å²) in [6.07, 6.45) is 6.17. The Labute approximate surface area is 164 Å². The lowest BCUT2D eigenvalue weighted by Gasteiger charge is -2.07. The quantitative estimate of drug-likeness (QED) is 0.358. The van der Waals surface area contributed by atoms with Crippen LogP contribution in [0.3, 0.4) is 0 Å². The molecule has 8 nitrogen and oxygen atoms in total. The molecule has 28 heavy (non-hydrogen) atoms. The van der Waals surface area contributed by atoms with Crippen molar-refractivity contribution in [1.29, 1.82) is 0 Å². The number of pyridine rings is 1. The molecule has 8 heteroatoms. The van der Waals surface area contributed by atoms with E-state index in [1.165, 1.54) is 25.3 Å². The van der Waals surface area contributed by atoms with Crippen molar-refractivity contribution in [2.24, 2.45) is 10.2 Å². The van der Waals surface area contributed by atoms with E-state index < -0.39 is 6.09 Å². The average Bonchev–Trinajstić information content (AvgIpc) is 2.68. The van der Waals surface area contributed by atoms with Crippen LogP contribution in [0, 0.1) is 0 Å². The number of carbonyl (C=O) groups excluding carboxylic acids is 1. The monoisotopic (exact) mass is 385 g/mol. The second-order valence-electron chi connectivity index (χ2n) is 6.32. The van der Waals surface area contributed by atoms with Crippen molar-refractivity contribution in [2.45, 2.75) is 45.4 Å². The Morgan fingerprint density at radius 3 is 2.54 bits per heavy atom. The molecule has 1 aromatic heterocycles. The lowest BCUT2D eigenvalue weighted by molar-refractivity contribution is 0.159. The fourth-order valence-electron chi connectivity index (χ4n) is 2.47. The van der Waals surface area contributed by atoms with Gasteiger partial charge in [-0.1, -0.05) is 51.2 Å². The number of rotatable bonds is 10. The van der Waals surface area contributed by atoms with Gasteiger partial charge in [-0.05, 0) is 30.7 Å². The molecule has 0 aliphatic carbocycles. The van der Waals surface area contributed by atoms with E-state index >= 15 is 0 Å². The summed E-state index contributed by atoms with van der Waals surface area (Å²) >= 11 is 0. The molecule has 1 aromatic carbocycles. The van der Waals surface area contributed by atoms with E-state index in [1.54, 1.807) is 30.3 Å². The normalized spacial score (nSPS) is 10.9. The number of unbranched alkanes of at least 4 members (excludes halogenated alkanes) is 5. The first-order valence-corrected chi connectivity index (χ1v) is 9.50. The van der Waals surface area contributed by atoms with E-state index in [-0.39, 0.29) is 17.4 Å². The first-order valence-electron chi connectivity index (χ1n) is 9.50. The van der Waals surface area contributed by atoms with Crippen LogP contribution in [-0.4, -0.2) is 22.8 Å². The highest BCUT2D eigenvalue weighted by atomic mass is 16.5. The van der Waals surface area contributed by atoms with Gasteiger partial charge in [-0.15, -0.1) is 10.2 Å². The van der Waals surface area contributed by atoms with Crippen molar-refractivity contribution in [3.63, 3.8) is 0 Å². The predicted molar refractivity (Wildman–Crippen MR) is 109 cm³/mol. The van der Waals surface area contributed by atoms with E-state index in [0.717, 1.165) is 19.3 Å². The Balaban J connectivity index is 1.80. The number of nitrogens with one attached hydrogen (secondary N) is 1. The third-order valence-corrected chi connectivity index (χ3v) is 4.01. The van der Waals surface area contributed by atoms with E-state index in [9.17, 15) is 9.90 Å². The zero-order valence-corrected chi connectivity index (χ0v) is 16.1. The summed E-state index contributed by atoms with van der Waals surface area (Å²) in [5.41, 5.74) is 6.51. The number of anilines is 2. The SMILES string of the molecule is CCCCCCCCOC(=O)Nc1ccc(N=Nc2ccccc2O)c(N)n1. The van der Waals surface area contributed by atoms with Crippen molar-refractivity contribution < 1.29 is 14.6 Å². The highest BCUT2D eigenvalue weighted by Crippen LogP contribution is 2.29. The minimum absolute atomic E-state index is 0.0178. The maximum Gasteiger partial charge on any atom is 0.412 e. The van der Waals surface area contributed by atoms with E-state index in [1.807, 2.05) is 0 Å². The maximum atomic E-state index is 11.8. The van der Waals surface area contributed by atoms with E-state index in [0.29, 0.717) is 18.0 Å². The third kappa shape index (κ3) is 7.22. The van der Waals surface area contributed by atoms with Crippen LogP contribution in [0.25, 0.3) is 0 Å². The zero-order chi connectivity index (χ0) is 20.2. The Morgan fingerprint density at radius 1 is 1.07 bits per heavy atom. The van der Waals surface area contributed by atoms with Gasteiger partial charge in [-0.3, -0.25) is 5.32 Å². The summed E-state index contributed by atoms with van der Waals surface area (Å²) < 4.78 is 5.14. The predicted octanol–water partition coefficient (Wildman–Crippen LogP) is 5.69. The van der Waals surface area contributed by atoms with Gasteiger partial charge in [-0.2, -0.15) is 0 Å². The molecule has 0 radical (unpaired) electrons. The van der Waals surface area contributed by atoms with Gasteiger partial charge < -0.3 is 15.6 Å². The molecule has 150 valence electrons. The van der Waals surface area contributed by atoms with Crippen molar-refractivity contribution in [3.05, 3.63) is 36.4 Å². The van der Waals surface area contributed by atoms with Crippen LogP contribution < -0.4 is 11.1 Å². The Hall–Kier alpha value is -3.16. The van der Waals surface area contributed by atoms with Gasteiger partial charge in [0.15, 0.2) is 5.82 Å². The molecule has 0 aliphatic rings. The number of phenolic OH excluding ortho intramolecular Hbond substituents is 1. The van der Waals surface area contributed by atoms with Crippen LogP contribution in [0.1, 0.15) is 45.4 Å². The number of aromatic hydroxyl groups is 1. The highest BCUT2D eigenvalue weighted by molar-refractivity contribution is 5.84. The number of benzene rings is 1. The number of hydrogen-bond acceptors (Lipinski definition) is 7. The highest BCUT2D eigenvalue weighted by Gasteiger charge is 2.07. The largest absolute Gasteiger partial charge is 0.506 e. The molecule has 2 rings (SSSR count). The number of azo groups is 1. The van der Waals surface area contributed by atoms with E-state index in [2.05, 4.69) is 27.5 Å². The number of carbonyl (C=O) groups is 1. The fraction of sp³-hybridized carbons (Fsp3) is 0.400. The van der Waals surface area contributed by atoms with Gasteiger partial charge in [0, 0.05) is 0 Å². The molecule has 0 saturated carbocycles. The number of nitrogens with two attached hydrogens (primary N) is 1. The lowest BCUT2D eigenvalue weighted by atomic mass is 10.1. The number of ether oxygens (including phenoxy) is 1. The molecule has 0 saturated heterocycles. The van der Waals surface area contributed by atoms with Crippen LogP contribution in [0.4, 0.5) is 27.8 Å². The lowest BCUT2D eigenvalue weighted by Crippen LogP contribution is -2.15. The molecule has 0 spiro atoms. The summed E-state index contributed by atoms with van der Waals surface area (Å²) in [6, 6.07) is 9.70. The van der Waals surface area contributed by atoms with Crippen LogP contribution in [0.2, 0.25) is 0 Å². The van der Waals surface area contributed by atoms with E-state index in [4.69, 9.17) is 10.5 Å². The van der Waals surface area contributed by atoms with Crippen LogP contribution in [-0.2, 0) is 4.74 Å². The Morgan fingerprint density at radius 2 is 1.79 bits per heavy atom. The van der Waals surface area contributed by atoms with Gasteiger partial charge in [0.05, 0.1) is 6.61 Å². The summed E-state index contributed by atoms with van der Waals surface area (Å²) in [5, 5.41) is 20.1. The number of amides is 1. The molecule has 0 aliphatic heterocycles. The average molecular weight is 385 g/mol. The number of aromatic nitrogens is 1. The fourth-order valence-corrected chi connectivity index (χ4v) is 2.47. The number of hydrogen-bond donors (Lipinski definition) is 3. The van der Waals surface area contributed by atoms with Gasteiger partial charge >= 0.3 is 6.09 Å². The molecule has 0 unspecified atom stereocenters. The molecular weight excluding hydrogens is 358 g/mol. The molecule has 0 bridgehead atoms. The summed E-state index contributed by atoms with van der Waals surface area (Å²) in [6.45, 7) is 2.55. The summed E-state index contributed by atoms with van der Waals surface area (Å²) in [7, 11) is 0. The molecular formula is C20H27N5O3. The molecule has 0 atom stereocenters. The van der Waals surface area contributed by atoms with Crippen molar-refractivity contribution in [1.82, 2.24) is 4.98 Å². The number of nitrogens with zero attached hydrogens (tertiary/aromatic N) is 3. The van der Waals surface area contributed by atoms with Crippen LogP contribution in [0.15, 0.2) is 46.6 Å². The zero-order valence-electron chi connectivity index (χ0n) is 16.1. The van der Waals surface area contributed by atoms with Crippen LogP contribution >= 0.6 is 0 Å². The van der Waals surface area contributed by atoms with Crippen molar-refractivity contribution in [3.8, 4) is 5.75 Å². The maximum absolute atomic E-state index is 11.8. The molecule has 0 fully saturated rings. The molecule has 1 heterocycles. The second kappa shape index (κ2) is 11.5. The van der Waals surface area contributed by atoms with Gasteiger partial charge in [-0.25, -0.2) is 9.78 Å². The van der Waals surface area contributed by atoms with Crippen LogP contribution in [0.5, 0.6) is 5.75 Å². The first kappa shape index (κ1) is 21.1. The molecule has 1 amide bonds. The van der Waals surface area contributed by atoms with Gasteiger partial charge in [0.2, 0.25) is 0 Å².